The zero-order chi connectivity index (χ0) is 5.28. The van der Waals surface area contributed by atoms with Gasteiger partial charge in [-0.2, -0.15) is 0 Å². The molecule has 0 aliphatic carbocycles. The molecule has 1 heterocycles. The molecule has 40 valence electrons. The summed E-state index contributed by atoms with van der Waals surface area (Å²) in [7, 11) is 0. The number of hydrogen-bond acceptors (Lipinski definition) is 2. The minimum Gasteiger partial charge on any atom is -0.479 e. The third-order valence-corrected chi connectivity index (χ3v) is 0.975. The predicted octanol–water partition coefficient (Wildman–Crippen LogP) is -0.140. The molecule has 0 unspecified atom stereocenters. The fourth-order valence-corrected chi connectivity index (χ4v) is 0.430. The molecule has 3 nitrogen and oxygen atoms in total. The van der Waals surface area contributed by atoms with Gasteiger partial charge in [0.15, 0.2) is 6.10 Å². The first-order valence-electron chi connectivity index (χ1n) is 2.15. The Hall–Kier alpha value is -0.570. The van der Waals surface area contributed by atoms with Crippen LogP contribution in [0.2, 0.25) is 0 Å². The van der Waals surface area contributed by atoms with Crippen molar-refractivity contribution >= 4 is 5.97 Å². The van der Waals surface area contributed by atoms with Crippen LogP contribution < -0.4 is 0 Å². The number of aliphatic carboxylic acids is 1. The van der Waals surface area contributed by atoms with Crippen LogP contribution in [-0.4, -0.2) is 23.8 Å². The van der Waals surface area contributed by atoms with Gasteiger partial charge in [-0.3, -0.25) is 0 Å². The molecule has 1 rings (SSSR count). The quantitative estimate of drug-likeness (QED) is 0.501. The second kappa shape index (κ2) is 1.50. The summed E-state index contributed by atoms with van der Waals surface area (Å²) in [5.74, 6) is -0.841. The molecule has 3 heteroatoms. The van der Waals surface area contributed by atoms with E-state index in [2.05, 4.69) is 4.74 Å². The van der Waals surface area contributed by atoms with Crippen molar-refractivity contribution in [1.82, 2.24) is 0 Å². The zero-order valence-corrected chi connectivity index (χ0v) is 3.76. The van der Waals surface area contributed by atoms with Crippen molar-refractivity contribution in [3.05, 3.63) is 0 Å². The number of rotatable bonds is 1. The topological polar surface area (TPSA) is 46.5 Å². The molecule has 0 amide bonds. The Morgan fingerprint density at radius 2 is 2.43 bits per heavy atom. The van der Waals surface area contributed by atoms with Gasteiger partial charge in [0, 0.05) is 6.42 Å². The maximum absolute atomic E-state index is 9.86. The lowest BCUT2D eigenvalue weighted by molar-refractivity contribution is -0.162. The highest BCUT2D eigenvalue weighted by Gasteiger charge is 2.24. The summed E-state index contributed by atoms with van der Waals surface area (Å²) >= 11 is 0. The Morgan fingerprint density at radius 1 is 1.86 bits per heavy atom. The first kappa shape index (κ1) is 4.59. The van der Waals surface area contributed by atoms with Crippen LogP contribution in [0.5, 0.6) is 0 Å². The van der Waals surface area contributed by atoms with E-state index in [0.717, 1.165) is 0 Å². The summed E-state index contributed by atoms with van der Waals surface area (Å²) < 4.78 is 4.59. The van der Waals surface area contributed by atoms with E-state index in [-0.39, 0.29) is 0 Å². The van der Waals surface area contributed by atoms with Gasteiger partial charge in [-0.1, -0.05) is 0 Å². The van der Waals surface area contributed by atoms with Gasteiger partial charge in [0.05, 0.1) is 6.61 Å². The molecule has 0 bridgehead atoms. The molecule has 0 aromatic carbocycles. The van der Waals surface area contributed by atoms with Gasteiger partial charge in [-0.05, 0) is 0 Å². The molecule has 1 saturated heterocycles. The minimum atomic E-state index is -0.841. The highest BCUT2D eigenvalue weighted by Crippen LogP contribution is 2.09. The van der Waals surface area contributed by atoms with Crippen LogP contribution in [0.4, 0.5) is 0 Å². The fraction of sp³-hybridized carbons (Fsp3) is 0.750. The van der Waals surface area contributed by atoms with Gasteiger partial charge in [-0.25, -0.2) is 4.79 Å². The maximum atomic E-state index is 9.86. The van der Waals surface area contributed by atoms with Crippen molar-refractivity contribution in [2.75, 3.05) is 6.61 Å². The Morgan fingerprint density at radius 3 is 2.43 bits per heavy atom. The van der Waals surface area contributed by atoms with E-state index in [0.29, 0.717) is 13.0 Å². The Balaban J connectivity index is 2.27. The zero-order valence-electron chi connectivity index (χ0n) is 3.76. The SMILES string of the molecule is O=C(O)[C@@H]1CCO1. The van der Waals surface area contributed by atoms with Crippen LogP contribution in [0, 0.1) is 0 Å². The Bertz CT molecular complexity index is 84.9. The fourth-order valence-electron chi connectivity index (χ4n) is 0.430. The molecular formula is C4H6O3. The van der Waals surface area contributed by atoms with Crippen molar-refractivity contribution in [2.24, 2.45) is 0 Å². The molecular weight excluding hydrogens is 96.0 g/mol. The summed E-state index contributed by atoms with van der Waals surface area (Å²) in [4.78, 5) is 9.86. The minimum absolute atomic E-state index is 0.500. The summed E-state index contributed by atoms with van der Waals surface area (Å²) in [6.45, 7) is 0.608. The lowest BCUT2D eigenvalue weighted by Gasteiger charge is -2.21. The summed E-state index contributed by atoms with van der Waals surface area (Å²) in [6, 6.07) is 0. The van der Waals surface area contributed by atoms with Gasteiger partial charge in [0.2, 0.25) is 0 Å². The average molecular weight is 102 g/mol. The van der Waals surface area contributed by atoms with Crippen LogP contribution in [-0.2, 0) is 9.53 Å². The molecule has 1 aliphatic heterocycles. The normalized spacial score (nSPS) is 28.9. The van der Waals surface area contributed by atoms with E-state index >= 15 is 0 Å². The predicted molar refractivity (Wildman–Crippen MR) is 22.0 cm³/mol. The number of carboxylic acids is 1. The van der Waals surface area contributed by atoms with Gasteiger partial charge in [0.1, 0.15) is 0 Å². The monoisotopic (exact) mass is 102 g/mol. The Labute approximate surface area is 40.9 Å². The van der Waals surface area contributed by atoms with E-state index in [4.69, 9.17) is 5.11 Å². The summed E-state index contributed by atoms with van der Waals surface area (Å²) in [6.07, 6.45) is 0.176. The molecule has 1 N–H and O–H groups in total. The smallest absolute Gasteiger partial charge is 0.332 e. The van der Waals surface area contributed by atoms with Crippen molar-refractivity contribution < 1.29 is 14.6 Å². The van der Waals surface area contributed by atoms with Crippen molar-refractivity contribution in [2.45, 2.75) is 12.5 Å². The van der Waals surface area contributed by atoms with Gasteiger partial charge < -0.3 is 9.84 Å². The molecule has 0 spiro atoms. The summed E-state index contributed by atoms with van der Waals surface area (Å²) in [5.41, 5.74) is 0. The molecule has 0 aromatic rings. The van der Waals surface area contributed by atoms with Crippen LogP contribution in [0.25, 0.3) is 0 Å². The van der Waals surface area contributed by atoms with E-state index in [1.165, 1.54) is 0 Å². The number of carbonyl (C=O) groups is 1. The van der Waals surface area contributed by atoms with Crippen molar-refractivity contribution in [3.8, 4) is 0 Å². The maximum Gasteiger partial charge on any atom is 0.332 e. The average Bonchev–Trinajstić information content (AvgIpc) is 1.23. The van der Waals surface area contributed by atoms with Crippen molar-refractivity contribution in [3.63, 3.8) is 0 Å². The van der Waals surface area contributed by atoms with Gasteiger partial charge in [0.25, 0.3) is 0 Å². The molecule has 7 heavy (non-hydrogen) atoms. The number of ether oxygens (including phenoxy) is 1. The van der Waals surface area contributed by atoms with E-state index in [1.54, 1.807) is 0 Å². The van der Waals surface area contributed by atoms with Crippen LogP contribution in [0.1, 0.15) is 6.42 Å². The van der Waals surface area contributed by atoms with E-state index < -0.39 is 12.1 Å². The van der Waals surface area contributed by atoms with Crippen molar-refractivity contribution in [1.29, 1.82) is 0 Å². The van der Waals surface area contributed by atoms with Crippen LogP contribution in [0.3, 0.4) is 0 Å². The first-order chi connectivity index (χ1) is 3.30. The van der Waals surface area contributed by atoms with Crippen LogP contribution in [0.15, 0.2) is 0 Å². The largest absolute Gasteiger partial charge is 0.479 e. The second-order valence-electron chi connectivity index (χ2n) is 1.49. The third-order valence-electron chi connectivity index (χ3n) is 0.975. The molecule has 0 aromatic heterocycles. The second-order valence-corrected chi connectivity index (χ2v) is 1.49. The first-order valence-corrected chi connectivity index (χ1v) is 2.15. The molecule has 1 aliphatic rings. The van der Waals surface area contributed by atoms with Crippen LogP contribution >= 0.6 is 0 Å². The lowest BCUT2D eigenvalue weighted by atomic mass is 10.2. The molecule has 0 saturated carbocycles. The molecule has 0 radical (unpaired) electrons. The lowest BCUT2D eigenvalue weighted by Crippen LogP contribution is -2.34. The third kappa shape index (κ3) is 0.718. The van der Waals surface area contributed by atoms with E-state index in [1.807, 2.05) is 0 Å². The standard InChI is InChI=1S/C4H6O3/c5-4(6)3-1-2-7-3/h3H,1-2H2,(H,5,6)/t3-/m0/s1. The van der Waals surface area contributed by atoms with E-state index in [9.17, 15) is 4.79 Å². The highest BCUT2D eigenvalue weighted by molar-refractivity contribution is 5.72. The Kier molecular flexibility index (Phi) is 0.982. The highest BCUT2D eigenvalue weighted by atomic mass is 16.5. The van der Waals surface area contributed by atoms with Gasteiger partial charge >= 0.3 is 5.97 Å². The summed E-state index contributed by atoms with van der Waals surface area (Å²) in [5, 5.41) is 8.11. The van der Waals surface area contributed by atoms with Gasteiger partial charge in [-0.15, -0.1) is 0 Å². The molecule has 1 fully saturated rings. The number of carboxylic acid groups (broad SMARTS) is 1. The number of hydrogen-bond donors (Lipinski definition) is 1. The molecule has 1 atom stereocenters.